The molecule has 0 saturated heterocycles. The van der Waals surface area contributed by atoms with Gasteiger partial charge in [-0.3, -0.25) is 0 Å². The van der Waals surface area contributed by atoms with Gasteiger partial charge in [-0.2, -0.15) is 0 Å². The second-order valence-corrected chi connectivity index (χ2v) is 12.0. The molecule has 1 saturated carbocycles. The van der Waals surface area contributed by atoms with Crippen LogP contribution in [-0.2, 0) is 5.41 Å². The summed E-state index contributed by atoms with van der Waals surface area (Å²) in [6.45, 7) is 2.79. The van der Waals surface area contributed by atoms with Crippen LogP contribution in [0.1, 0.15) is 67.2 Å². The number of benzene rings is 5. The Kier molecular flexibility index (Phi) is 7.46. The van der Waals surface area contributed by atoms with E-state index in [1.54, 1.807) is 0 Å². The quantitative estimate of drug-likeness (QED) is 0.195. The Hall–Kier alpha value is -4.06. The molecule has 1 fully saturated rings. The van der Waals surface area contributed by atoms with E-state index in [1.807, 2.05) is 24.3 Å². The summed E-state index contributed by atoms with van der Waals surface area (Å²) >= 11 is 0. The predicted molar refractivity (Wildman–Crippen MR) is 171 cm³/mol. The zero-order valence-corrected chi connectivity index (χ0v) is 24.6. The molecule has 0 unspecified atom stereocenters. The van der Waals surface area contributed by atoms with Crippen LogP contribution in [0.15, 0.2) is 84.9 Å². The SMILES string of the molecule is CC1(c2ccc(C3CCCCC3)cc2)c2c(ccc3cc(OCCO)ccc23)Oc2ccc3cc(OCCO)ccc3c21. The normalized spacial score (nSPS) is 16.0. The van der Waals surface area contributed by atoms with Crippen molar-refractivity contribution in [1.82, 2.24) is 0 Å². The summed E-state index contributed by atoms with van der Waals surface area (Å²) in [5.74, 6) is 3.81. The van der Waals surface area contributed by atoms with Crippen molar-refractivity contribution in [3.8, 4) is 23.0 Å². The first-order valence-corrected chi connectivity index (χ1v) is 15.5. The lowest BCUT2D eigenvalue weighted by atomic mass is 9.66. The Balaban J connectivity index is 1.44. The molecule has 5 nitrogen and oxygen atoms in total. The first-order chi connectivity index (χ1) is 21.1. The molecule has 5 aromatic carbocycles. The van der Waals surface area contributed by atoms with Gasteiger partial charge in [0.05, 0.1) is 18.6 Å². The largest absolute Gasteiger partial charge is 0.491 e. The zero-order chi connectivity index (χ0) is 29.4. The first-order valence-electron chi connectivity index (χ1n) is 15.5. The van der Waals surface area contributed by atoms with Gasteiger partial charge in [-0.1, -0.05) is 67.8 Å². The molecule has 1 aliphatic carbocycles. The van der Waals surface area contributed by atoms with Gasteiger partial charge in [0.1, 0.15) is 36.2 Å². The number of hydrogen-bond donors (Lipinski definition) is 2. The van der Waals surface area contributed by atoms with Gasteiger partial charge >= 0.3 is 0 Å². The summed E-state index contributed by atoms with van der Waals surface area (Å²) in [6.07, 6.45) is 6.52. The van der Waals surface area contributed by atoms with Crippen molar-refractivity contribution in [3.63, 3.8) is 0 Å². The molecule has 0 atom stereocenters. The van der Waals surface area contributed by atoms with Crippen LogP contribution < -0.4 is 14.2 Å². The third-order valence-electron chi connectivity index (χ3n) is 9.41. The Labute approximate surface area is 252 Å². The summed E-state index contributed by atoms with van der Waals surface area (Å²) in [5, 5.41) is 22.9. The summed E-state index contributed by atoms with van der Waals surface area (Å²) in [4.78, 5) is 0. The molecule has 0 aromatic heterocycles. The van der Waals surface area contributed by atoms with Crippen molar-refractivity contribution in [2.75, 3.05) is 26.4 Å². The highest BCUT2D eigenvalue weighted by atomic mass is 16.5. The Bertz CT molecular complexity index is 1670. The van der Waals surface area contributed by atoms with E-state index >= 15 is 0 Å². The van der Waals surface area contributed by atoms with Gasteiger partial charge in [-0.25, -0.2) is 0 Å². The minimum atomic E-state index is -0.520. The molecule has 5 aromatic rings. The molecule has 0 radical (unpaired) electrons. The van der Waals surface area contributed by atoms with Crippen molar-refractivity contribution in [1.29, 1.82) is 0 Å². The van der Waals surface area contributed by atoms with Gasteiger partial charge < -0.3 is 24.4 Å². The highest BCUT2D eigenvalue weighted by Gasteiger charge is 2.42. The third kappa shape index (κ3) is 4.91. The molecular weight excluding hydrogens is 536 g/mol. The van der Waals surface area contributed by atoms with Crippen LogP contribution in [0.2, 0.25) is 0 Å². The van der Waals surface area contributed by atoms with Gasteiger partial charge in [0.2, 0.25) is 0 Å². The lowest BCUT2D eigenvalue weighted by molar-refractivity contribution is 0.201. The molecule has 2 aliphatic rings. The highest BCUT2D eigenvalue weighted by Crippen LogP contribution is 2.56. The summed E-state index contributed by atoms with van der Waals surface area (Å²) < 4.78 is 18.2. The third-order valence-corrected chi connectivity index (χ3v) is 9.41. The number of aliphatic hydroxyl groups excluding tert-OH is 2. The van der Waals surface area contributed by atoms with Crippen molar-refractivity contribution >= 4 is 21.5 Å². The van der Waals surface area contributed by atoms with E-state index in [2.05, 4.69) is 67.6 Å². The van der Waals surface area contributed by atoms with E-state index in [4.69, 9.17) is 14.2 Å². The molecule has 0 bridgehead atoms. The van der Waals surface area contributed by atoms with Gasteiger partial charge in [0, 0.05) is 11.1 Å². The van der Waals surface area contributed by atoms with Crippen molar-refractivity contribution in [2.24, 2.45) is 0 Å². The van der Waals surface area contributed by atoms with E-state index in [0.717, 1.165) is 55.7 Å². The average molecular weight is 575 g/mol. The fourth-order valence-electron chi connectivity index (χ4n) is 7.34. The maximum Gasteiger partial charge on any atom is 0.132 e. The number of aliphatic hydroxyl groups is 2. The number of ether oxygens (including phenoxy) is 3. The first kappa shape index (κ1) is 27.8. The maximum absolute atomic E-state index is 9.27. The van der Waals surface area contributed by atoms with E-state index in [9.17, 15) is 10.2 Å². The van der Waals surface area contributed by atoms with Crippen LogP contribution >= 0.6 is 0 Å². The second kappa shape index (κ2) is 11.6. The van der Waals surface area contributed by atoms with E-state index in [-0.39, 0.29) is 26.4 Å². The van der Waals surface area contributed by atoms with Crippen molar-refractivity contribution in [2.45, 2.75) is 50.4 Å². The molecule has 0 amide bonds. The van der Waals surface area contributed by atoms with Gasteiger partial charge in [-0.05, 0) is 94.8 Å². The van der Waals surface area contributed by atoms with Crippen LogP contribution in [-0.4, -0.2) is 36.6 Å². The van der Waals surface area contributed by atoms with Gasteiger partial charge in [0.25, 0.3) is 0 Å². The maximum atomic E-state index is 9.27. The van der Waals surface area contributed by atoms with E-state index < -0.39 is 5.41 Å². The minimum absolute atomic E-state index is 0.0262. The molecule has 7 rings (SSSR count). The number of hydrogen-bond acceptors (Lipinski definition) is 5. The minimum Gasteiger partial charge on any atom is -0.491 e. The Morgan fingerprint density at radius 3 is 1.72 bits per heavy atom. The van der Waals surface area contributed by atoms with Gasteiger partial charge in [0.15, 0.2) is 0 Å². The molecule has 1 aliphatic heterocycles. The standard InChI is InChI=1S/C38H38O5/c1-38(29-11-7-26(8-12-29)25-5-3-2-4-6-25)36-32-15-13-30(41-21-19-39)23-27(32)9-17-34(36)43-35-18-10-28-24-31(42-22-20-40)14-16-33(28)37(35)38/h7-18,23-25,39-40H,2-6,19-22H2,1H3. The average Bonchev–Trinajstić information content (AvgIpc) is 3.06. The number of rotatable bonds is 8. The lowest BCUT2D eigenvalue weighted by Gasteiger charge is -2.40. The van der Waals surface area contributed by atoms with Crippen LogP contribution in [0.25, 0.3) is 21.5 Å². The second-order valence-electron chi connectivity index (χ2n) is 12.0. The molecule has 2 N–H and O–H groups in total. The van der Waals surface area contributed by atoms with Crippen molar-refractivity contribution < 1.29 is 24.4 Å². The highest BCUT2D eigenvalue weighted by molar-refractivity contribution is 5.97. The van der Waals surface area contributed by atoms with Crippen molar-refractivity contribution in [3.05, 3.63) is 107 Å². The lowest BCUT2D eigenvalue weighted by Crippen LogP contribution is -2.30. The smallest absolute Gasteiger partial charge is 0.132 e. The Morgan fingerprint density at radius 1 is 0.674 bits per heavy atom. The summed E-state index contributed by atoms with van der Waals surface area (Å²) in [5.41, 5.74) is 4.40. The fourth-order valence-corrected chi connectivity index (χ4v) is 7.34. The number of fused-ring (bicyclic) bond motifs is 6. The van der Waals surface area contributed by atoms with E-state index in [1.165, 1.54) is 43.2 Å². The molecule has 5 heteroatoms. The van der Waals surface area contributed by atoms with Crippen LogP contribution in [0, 0.1) is 0 Å². The molecule has 43 heavy (non-hydrogen) atoms. The Morgan fingerprint density at radius 2 is 1.21 bits per heavy atom. The molecule has 1 heterocycles. The van der Waals surface area contributed by atoms with Gasteiger partial charge in [-0.15, -0.1) is 0 Å². The molecule has 0 spiro atoms. The summed E-state index contributed by atoms with van der Waals surface area (Å²) in [6, 6.07) is 30.0. The molecule has 220 valence electrons. The monoisotopic (exact) mass is 574 g/mol. The molecular formula is C38H38O5. The van der Waals surface area contributed by atoms with Crippen LogP contribution in [0.4, 0.5) is 0 Å². The van der Waals surface area contributed by atoms with Crippen LogP contribution in [0.5, 0.6) is 23.0 Å². The topological polar surface area (TPSA) is 68.2 Å². The van der Waals surface area contributed by atoms with E-state index in [0.29, 0.717) is 5.92 Å². The zero-order valence-electron chi connectivity index (χ0n) is 24.6. The fraction of sp³-hybridized carbons (Fsp3) is 0.316. The summed E-state index contributed by atoms with van der Waals surface area (Å²) in [7, 11) is 0. The predicted octanol–water partition coefficient (Wildman–Crippen LogP) is 8.24. The van der Waals surface area contributed by atoms with Crippen LogP contribution in [0.3, 0.4) is 0 Å².